The first-order valence-electron chi connectivity index (χ1n) is 5.72. The van der Waals surface area contributed by atoms with E-state index in [1.165, 1.54) is 18.2 Å². The average Bonchev–Trinajstić information content (AvgIpc) is 2.46. The molecule has 0 aliphatic carbocycles. The Balaban J connectivity index is 2.42. The summed E-state index contributed by atoms with van der Waals surface area (Å²) in [6.45, 7) is 1.70. The molecule has 21 heavy (non-hydrogen) atoms. The molecular weight excluding hydrogens is 276 g/mol. The van der Waals surface area contributed by atoms with Gasteiger partial charge in [-0.3, -0.25) is 15.5 Å². The molecule has 0 fully saturated rings. The van der Waals surface area contributed by atoms with Crippen LogP contribution in [-0.4, -0.2) is 14.9 Å². The molecule has 9 nitrogen and oxygen atoms in total. The van der Waals surface area contributed by atoms with E-state index in [2.05, 4.69) is 15.4 Å². The van der Waals surface area contributed by atoms with Crippen LogP contribution in [0, 0.1) is 28.4 Å². The zero-order valence-electron chi connectivity index (χ0n) is 10.9. The Morgan fingerprint density at radius 1 is 1.43 bits per heavy atom. The summed E-state index contributed by atoms with van der Waals surface area (Å²) >= 11 is 0. The Hall–Kier alpha value is -3.25. The van der Waals surface area contributed by atoms with E-state index < -0.39 is 4.92 Å². The van der Waals surface area contributed by atoms with E-state index in [-0.39, 0.29) is 28.8 Å². The Kier molecular flexibility index (Phi) is 3.92. The average molecular weight is 286 g/mol. The number of ether oxygens (including phenoxy) is 1. The molecule has 1 aromatic carbocycles. The number of nitro groups is 1. The monoisotopic (exact) mass is 286 g/mol. The van der Waals surface area contributed by atoms with Crippen LogP contribution in [0.3, 0.4) is 0 Å². The summed E-state index contributed by atoms with van der Waals surface area (Å²) in [5.41, 5.74) is 2.68. The fourth-order valence-corrected chi connectivity index (χ4v) is 1.59. The highest BCUT2D eigenvalue weighted by molar-refractivity contribution is 5.53. The van der Waals surface area contributed by atoms with Crippen molar-refractivity contribution in [2.75, 3.05) is 5.43 Å². The van der Waals surface area contributed by atoms with Gasteiger partial charge in [0.1, 0.15) is 0 Å². The van der Waals surface area contributed by atoms with E-state index in [1.54, 1.807) is 6.92 Å². The number of aromatic nitrogens is 2. The molecule has 9 heteroatoms. The summed E-state index contributed by atoms with van der Waals surface area (Å²) in [7, 11) is 0. The molecule has 1 aromatic heterocycles. The second-order valence-corrected chi connectivity index (χ2v) is 3.97. The number of nitro benzene ring substituents is 1. The number of nitrogens with zero attached hydrogens (tertiary/aromatic N) is 4. The zero-order valence-corrected chi connectivity index (χ0v) is 10.9. The number of hydrogen-bond donors (Lipinski definition) is 2. The summed E-state index contributed by atoms with van der Waals surface area (Å²) in [6, 6.07) is 7.21. The number of hydrogen-bond acceptors (Lipinski definition) is 8. The third-order valence-corrected chi connectivity index (χ3v) is 2.46. The van der Waals surface area contributed by atoms with Crippen LogP contribution < -0.4 is 16.0 Å². The molecule has 0 amide bonds. The Bertz CT molecular complexity index is 740. The number of aryl methyl sites for hydroxylation is 1. The molecule has 0 aliphatic rings. The molecule has 0 radical (unpaired) electrons. The number of anilines is 1. The minimum atomic E-state index is -0.633. The van der Waals surface area contributed by atoms with Crippen LogP contribution in [0.15, 0.2) is 24.3 Å². The fourth-order valence-electron chi connectivity index (χ4n) is 1.59. The molecule has 0 saturated carbocycles. The normalized spacial score (nSPS) is 9.76. The highest BCUT2D eigenvalue weighted by atomic mass is 16.6. The van der Waals surface area contributed by atoms with Crippen LogP contribution in [-0.2, 0) is 0 Å². The van der Waals surface area contributed by atoms with E-state index in [9.17, 15) is 10.1 Å². The lowest BCUT2D eigenvalue weighted by atomic mass is 10.2. The molecule has 0 saturated heterocycles. The van der Waals surface area contributed by atoms with Gasteiger partial charge in [0, 0.05) is 17.8 Å². The van der Waals surface area contributed by atoms with Crippen molar-refractivity contribution in [3.63, 3.8) is 0 Å². The Labute approximate surface area is 119 Å². The maximum Gasteiger partial charge on any atom is 0.312 e. The smallest absolute Gasteiger partial charge is 0.312 e. The van der Waals surface area contributed by atoms with Gasteiger partial charge in [0.25, 0.3) is 0 Å². The van der Waals surface area contributed by atoms with Crippen LogP contribution in [0.5, 0.6) is 11.6 Å². The van der Waals surface area contributed by atoms with Gasteiger partial charge in [-0.15, -0.1) is 0 Å². The van der Waals surface area contributed by atoms with Gasteiger partial charge in [-0.25, -0.2) is 10.8 Å². The molecule has 0 aliphatic heterocycles. The third kappa shape index (κ3) is 3.20. The predicted octanol–water partition coefficient (Wildman–Crippen LogP) is 1.64. The second kappa shape index (κ2) is 5.81. The van der Waals surface area contributed by atoms with Crippen molar-refractivity contribution >= 4 is 11.6 Å². The van der Waals surface area contributed by atoms with Crippen molar-refractivity contribution in [3.05, 3.63) is 45.6 Å². The van der Waals surface area contributed by atoms with Crippen LogP contribution in [0.2, 0.25) is 0 Å². The molecule has 0 spiro atoms. The van der Waals surface area contributed by atoms with Gasteiger partial charge in [-0.2, -0.15) is 10.2 Å². The van der Waals surface area contributed by atoms with Crippen LogP contribution in [0.25, 0.3) is 0 Å². The minimum Gasteiger partial charge on any atom is -0.432 e. The molecule has 1 heterocycles. The van der Waals surface area contributed by atoms with Gasteiger partial charge >= 0.3 is 5.69 Å². The first kappa shape index (κ1) is 14.2. The third-order valence-electron chi connectivity index (χ3n) is 2.46. The molecule has 0 atom stereocenters. The molecule has 2 aromatic rings. The van der Waals surface area contributed by atoms with Crippen LogP contribution >= 0.6 is 0 Å². The first-order valence-corrected chi connectivity index (χ1v) is 5.72. The van der Waals surface area contributed by atoms with E-state index in [4.69, 9.17) is 15.8 Å². The number of nitrogens with one attached hydrogen (secondary N) is 1. The first-order chi connectivity index (χ1) is 10.0. The van der Waals surface area contributed by atoms with Gasteiger partial charge in [0.05, 0.1) is 16.6 Å². The second-order valence-electron chi connectivity index (χ2n) is 3.97. The maximum absolute atomic E-state index is 11.0. The zero-order chi connectivity index (χ0) is 15.4. The lowest BCUT2D eigenvalue weighted by molar-refractivity contribution is -0.385. The molecule has 3 N–H and O–H groups in total. The molecule has 2 rings (SSSR count). The van der Waals surface area contributed by atoms with Crippen LogP contribution in [0.1, 0.15) is 11.3 Å². The predicted molar refractivity (Wildman–Crippen MR) is 72.5 cm³/mol. The maximum atomic E-state index is 11.0. The summed E-state index contributed by atoms with van der Waals surface area (Å²) < 4.78 is 5.40. The van der Waals surface area contributed by atoms with Gasteiger partial charge in [0.15, 0.2) is 0 Å². The summed E-state index contributed by atoms with van der Waals surface area (Å²) in [5, 5.41) is 19.8. The molecular formula is C12H10N6O3. The number of nitrogen functional groups attached to an aromatic ring is 1. The van der Waals surface area contributed by atoms with Gasteiger partial charge < -0.3 is 4.74 Å². The summed E-state index contributed by atoms with van der Waals surface area (Å²) in [5.74, 6) is 5.42. The lowest BCUT2D eigenvalue weighted by Crippen LogP contribution is -2.11. The van der Waals surface area contributed by atoms with Crippen molar-refractivity contribution in [2.24, 2.45) is 5.84 Å². The number of nitriles is 1. The topological polar surface area (TPSA) is 140 Å². The summed E-state index contributed by atoms with van der Waals surface area (Å²) in [4.78, 5) is 18.3. The van der Waals surface area contributed by atoms with Crippen molar-refractivity contribution in [1.82, 2.24) is 9.97 Å². The quantitative estimate of drug-likeness (QED) is 0.491. The Morgan fingerprint density at radius 3 is 2.81 bits per heavy atom. The summed E-state index contributed by atoms with van der Waals surface area (Å²) in [6.07, 6.45) is 0. The number of hydrazine groups is 1. The standard InChI is InChI=1S/C12H10N6O3/c1-7-4-11(16-12(15-7)17-14)21-10-3-2-8(6-13)5-9(10)18(19)20/h2-5H,14H2,1H3,(H,15,16,17). The minimum absolute atomic E-state index is 0.0277. The van der Waals surface area contributed by atoms with Gasteiger partial charge in [0.2, 0.25) is 17.6 Å². The van der Waals surface area contributed by atoms with E-state index in [0.717, 1.165) is 6.07 Å². The molecule has 0 unspecified atom stereocenters. The Morgan fingerprint density at radius 2 is 2.19 bits per heavy atom. The highest BCUT2D eigenvalue weighted by Crippen LogP contribution is 2.31. The van der Waals surface area contributed by atoms with Crippen molar-refractivity contribution in [3.8, 4) is 17.7 Å². The largest absolute Gasteiger partial charge is 0.432 e. The van der Waals surface area contributed by atoms with E-state index in [1.807, 2.05) is 6.07 Å². The lowest BCUT2D eigenvalue weighted by Gasteiger charge is -2.07. The number of rotatable bonds is 4. The van der Waals surface area contributed by atoms with Crippen molar-refractivity contribution in [2.45, 2.75) is 6.92 Å². The van der Waals surface area contributed by atoms with Crippen molar-refractivity contribution in [1.29, 1.82) is 5.26 Å². The van der Waals surface area contributed by atoms with Crippen LogP contribution in [0.4, 0.5) is 11.6 Å². The van der Waals surface area contributed by atoms with Gasteiger partial charge in [-0.05, 0) is 19.1 Å². The van der Waals surface area contributed by atoms with Gasteiger partial charge in [-0.1, -0.05) is 0 Å². The van der Waals surface area contributed by atoms with E-state index in [0.29, 0.717) is 5.69 Å². The fraction of sp³-hybridized carbons (Fsp3) is 0.0833. The SMILES string of the molecule is Cc1cc(Oc2ccc(C#N)cc2[N+](=O)[O-])nc(NN)n1. The molecule has 0 bridgehead atoms. The van der Waals surface area contributed by atoms with E-state index >= 15 is 0 Å². The number of nitrogens with two attached hydrogens (primary N) is 1. The molecule has 106 valence electrons. The number of benzene rings is 1. The van der Waals surface area contributed by atoms with Crippen molar-refractivity contribution < 1.29 is 9.66 Å². The highest BCUT2D eigenvalue weighted by Gasteiger charge is 2.17.